The second-order valence-electron chi connectivity index (χ2n) is 3.72. The summed E-state index contributed by atoms with van der Waals surface area (Å²) in [5.41, 5.74) is -0.0529. The predicted molar refractivity (Wildman–Crippen MR) is 60.7 cm³/mol. The van der Waals surface area contributed by atoms with Crippen LogP contribution in [-0.4, -0.2) is 20.3 Å². The minimum Gasteiger partial charge on any atom is -0.432 e. The van der Waals surface area contributed by atoms with Crippen molar-refractivity contribution in [3.63, 3.8) is 0 Å². The number of nitrogens with one attached hydrogen (secondary N) is 1. The molecule has 0 unspecified atom stereocenters. The molecule has 0 amide bonds. The number of anilines is 1. The van der Waals surface area contributed by atoms with E-state index in [1.807, 2.05) is 0 Å². The van der Waals surface area contributed by atoms with E-state index in [-0.39, 0.29) is 5.69 Å². The molecule has 0 aromatic heterocycles. The van der Waals surface area contributed by atoms with Crippen LogP contribution in [0.25, 0.3) is 0 Å². The maximum absolute atomic E-state index is 13.3. The Hall–Kier alpha value is -1.44. The number of sulfonamides is 1. The molecule has 0 atom stereocenters. The van der Waals surface area contributed by atoms with Crippen LogP contribution in [0, 0.1) is 5.82 Å². The van der Waals surface area contributed by atoms with E-state index in [9.17, 15) is 21.6 Å². The van der Waals surface area contributed by atoms with Crippen LogP contribution in [-0.2, 0) is 10.0 Å². The van der Waals surface area contributed by atoms with E-state index in [4.69, 9.17) is 0 Å². The number of rotatable bonds is 5. The molecule has 1 N–H and O–H groups in total. The van der Waals surface area contributed by atoms with Crippen LogP contribution >= 0.6 is 0 Å². The average molecular weight is 283 g/mol. The topological polar surface area (TPSA) is 55.4 Å². The van der Waals surface area contributed by atoms with Gasteiger partial charge in [0.2, 0.25) is 10.0 Å². The molecule has 8 heteroatoms. The normalized spacial score (nSPS) is 11.9. The molecule has 0 spiro atoms. The number of hydrogen-bond acceptors (Lipinski definition) is 3. The lowest BCUT2D eigenvalue weighted by Gasteiger charge is -2.12. The Balaban J connectivity index is 2.92. The quantitative estimate of drug-likeness (QED) is 0.903. The monoisotopic (exact) mass is 283 g/mol. The van der Waals surface area contributed by atoms with Crippen LogP contribution in [0.2, 0.25) is 0 Å². The minimum atomic E-state index is -3.61. The highest BCUT2D eigenvalue weighted by molar-refractivity contribution is 7.93. The van der Waals surface area contributed by atoms with Crippen LogP contribution in [0.3, 0.4) is 0 Å². The van der Waals surface area contributed by atoms with E-state index in [1.165, 1.54) is 13.8 Å². The molecule has 1 aromatic rings. The Bertz CT molecular complexity index is 517. The first-order valence-electron chi connectivity index (χ1n) is 4.98. The molecule has 0 saturated carbocycles. The van der Waals surface area contributed by atoms with Gasteiger partial charge < -0.3 is 4.74 Å². The van der Waals surface area contributed by atoms with E-state index in [0.717, 1.165) is 18.2 Å². The molecule has 0 radical (unpaired) electrons. The van der Waals surface area contributed by atoms with Crippen molar-refractivity contribution in [1.29, 1.82) is 0 Å². The summed E-state index contributed by atoms with van der Waals surface area (Å²) in [7, 11) is -3.61. The third-order valence-electron chi connectivity index (χ3n) is 2.03. The van der Waals surface area contributed by atoms with Crippen molar-refractivity contribution >= 4 is 15.7 Å². The molecule has 1 aromatic carbocycles. The molecule has 0 aliphatic carbocycles. The van der Waals surface area contributed by atoms with Crippen LogP contribution in [0.15, 0.2) is 18.2 Å². The third kappa shape index (κ3) is 3.80. The number of alkyl halides is 2. The number of ether oxygens (including phenoxy) is 1. The Morgan fingerprint density at radius 3 is 2.33 bits per heavy atom. The zero-order chi connectivity index (χ0) is 13.9. The summed E-state index contributed by atoms with van der Waals surface area (Å²) in [6, 6.07) is 2.85. The summed E-state index contributed by atoms with van der Waals surface area (Å²) in [5, 5.41) is -0.697. The highest BCUT2D eigenvalue weighted by Crippen LogP contribution is 2.23. The third-order valence-corrected chi connectivity index (χ3v) is 3.79. The summed E-state index contributed by atoms with van der Waals surface area (Å²) >= 11 is 0. The van der Waals surface area contributed by atoms with Gasteiger partial charge in [0.15, 0.2) is 11.6 Å². The van der Waals surface area contributed by atoms with Gasteiger partial charge in [0.1, 0.15) is 0 Å². The van der Waals surface area contributed by atoms with Crippen LogP contribution < -0.4 is 9.46 Å². The molecular weight excluding hydrogens is 271 g/mol. The Morgan fingerprint density at radius 2 is 1.89 bits per heavy atom. The van der Waals surface area contributed by atoms with Gasteiger partial charge in [-0.3, -0.25) is 4.72 Å². The molecule has 0 aliphatic rings. The van der Waals surface area contributed by atoms with Crippen molar-refractivity contribution < 1.29 is 26.3 Å². The van der Waals surface area contributed by atoms with Gasteiger partial charge in [0.25, 0.3) is 0 Å². The van der Waals surface area contributed by atoms with Crippen LogP contribution in [0.1, 0.15) is 13.8 Å². The summed E-state index contributed by atoms with van der Waals surface area (Å²) < 4.78 is 66.0. The van der Waals surface area contributed by atoms with Gasteiger partial charge in [-0.25, -0.2) is 12.8 Å². The van der Waals surface area contributed by atoms with Gasteiger partial charge >= 0.3 is 6.61 Å². The average Bonchev–Trinajstić information content (AvgIpc) is 2.21. The first-order chi connectivity index (χ1) is 8.22. The fourth-order valence-corrected chi connectivity index (χ4v) is 1.73. The SMILES string of the molecule is CC(C)S(=O)(=O)Nc1ccc(OC(F)F)c(F)c1. The molecule has 4 nitrogen and oxygen atoms in total. The van der Waals surface area contributed by atoms with Gasteiger partial charge in [-0.15, -0.1) is 0 Å². The van der Waals surface area contributed by atoms with Gasteiger partial charge in [-0.1, -0.05) is 0 Å². The highest BCUT2D eigenvalue weighted by Gasteiger charge is 2.17. The lowest BCUT2D eigenvalue weighted by Crippen LogP contribution is -2.22. The van der Waals surface area contributed by atoms with E-state index < -0.39 is 33.5 Å². The van der Waals surface area contributed by atoms with Gasteiger partial charge in [0, 0.05) is 6.07 Å². The maximum atomic E-state index is 13.3. The first-order valence-corrected chi connectivity index (χ1v) is 6.53. The molecular formula is C10H12F3NO3S. The second kappa shape index (κ2) is 5.47. The fourth-order valence-electron chi connectivity index (χ4n) is 1.04. The van der Waals surface area contributed by atoms with Crippen molar-refractivity contribution in [3.05, 3.63) is 24.0 Å². The van der Waals surface area contributed by atoms with Crippen molar-refractivity contribution in [3.8, 4) is 5.75 Å². The minimum absolute atomic E-state index is 0.0529. The van der Waals surface area contributed by atoms with Gasteiger partial charge in [0.05, 0.1) is 10.9 Å². The molecule has 0 fully saturated rings. The summed E-state index contributed by atoms with van der Waals surface area (Å²) in [6.07, 6.45) is 0. The largest absolute Gasteiger partial charge is 0.432 e. The summed E-state index contributed by atoms with van der Waals surface area (Å²) in [5.74, 6) is -1.71. The maximum Gasteiger partial charge on any atom is 0.387 e. The van der Waals surface area contributed by atoms with Gasteiger partial charge in [-0.05, 0) is 26.0 Å². The first kappa shape index (κ1) is 14.6. The number of halogens is 3. The zero-order valence-corrected chi connectivity index (χ0v) is 10.5. The summed E-state index contributed by atoms with van der Waals surface area (Å²) in [4.78, 5) is 0. The van der Waals surface area contributed by atoms with Crippen LogP contribution in [0.4, 0.5) is 18.9 Å². The Labute approximate surface area is 103 Å². The predicted octanol–water partition coefficient (Wildman–Crippen LogP) is 2.58. The summed E-state index contributed by atoms with van der Waals surface area (Å²) in [6.45, 7) is -0.238. The molecule has 102 valence electrons. The molecule has 0 aliphatic heterocycles. The van der Waals surface area contributed by atoms with Gasteiger partial charge in [-0.2, -0.15) is 8.78 Å². The lowest BCUT2D eigenvalue weighted by atomic mass is 10.3. The molecule has 0 saturated heterocycles. The zero-order valence-electron chi connectivity index (χ0n) is 9.65. The van der Waals surface area contributed by atoms with Crippen molar-refractivity contribution in [2.75, 3.05) is 4.72 Å². The molecule has 1 rings (SSSR count). The number of hydrogen-bond donors (Lipinski definition) is 1. The second-order valence-corrected chi connectivity index (χ2v) is 5.96. The standard InChI is InChI=1S/C10H12F3NO3S/c1-6(2)18(15,16)14-7-3-4-9(8(11)5-7)17-10(12)13/h3-6,10,14H,1-2H3. The van der Waals surface area contributed by atoms with Crippen molar-refractivity contribution in [2.24, 2.45) is 0 Å². The van der Waals surface area contributed by atoms with E-state index >= 15 is 0 Å². The molecule has 0 bridgehead atoms. The van der Waals surface area contributed by atoms with Crippen LogP contribution in [0.5, 0.6) is 5.75 Å². The van der Waals surface area contributed by atoms with E-state index in [0.29, 0.717) is 0 Å². The van der Waals surface area contributed by atoms with Crippen molar-refractivity contribution in [2.45, 2.75) is 25.7 Å². The smallest absolute Gasteiger partial charge is 0.387 e. The molecule has 18 heavy (non-hydrogen) atoms. The Kier molecular flexibility index (Phi) is 4.44. The molecule has 0 heterocycles. The number of benzene rings is 1. The highest BCUT2D eigenvalue weighted by atomic mass is 32.2. The Morgan fingerprint density at radius 1 is 1.28 bits per heavy atom. The lowest BCUT2D eigenvalue weighted by molar-refractivity contribution is -0.0521. The van der Waals surface area contributed by atoms with E-state index in [2.05, 4.69) is 9.46 Å². The van der Waals surface area contributed by atoms with Crippen molar-refractivity contribution in [1.82, 2.24) is 0 Å². The fraction of sp³-hybridized carbons (Fsp3) is 0.400. The van der Waals surface area contributed by atoms with E-state index in [1.54, 1.807) is 0 Å².